The number of halogens is 4. The number of nitrogens with zero attached hydrogens (tertiary/aromatic N) is 4. The van der Waals surface area contributed by atoms with Gasteiger partial charge in [-0.1, -0.05) is 47.5 Å². The van der Waals surface area contributed by atoms with Crippen molar-refractivity contribution < 1.29 is 28.8 Å². The van der Waals surface area contributed by atoms with Crippen molar-refractivity contribution in [3.63, 3.8) is 0 Å². The summed E-state index contributed by atoms with van der Waals surface area (Å²) in [7, 11) is 0. The highest BCUT2D eigenvalue weighted by Crippen LogP contribution is 2.30. The molecule has 0 aliphatic carbocycles. The fraction of sp³-hybridized carbons (Fsp3) is 0.182. The van der Waals surface area contributed by atoms with Crippen LogP contribution < -0.4 is 21.3 Å². The highest BCUT2D eigenvalue weighted by Gasteiger charge is 2.27. The van der Waals surface area contributed by atoms with Gasteiger partial charge in [-0.3, -0.25) is 28.8 Å². The van der Waals surface area contributed by atoms with Gasteiger partial charge in [0, 0.05) is 45.6 Å². The first kappa shape index (κ1) is 46.7. The second-order valence-electron chi connectivity index (χ2n) is 13.8. The molecule has 0 aliphatic heterocycles. The molecule has 0 spiro atoms. The summed E-state index contributed by atoms with van der Waals surface area (Å²) >= 11 is 24.5. The molecule has 0 fully saturated rings. The molecule has 0 aliphatic rings. The summed E-state index contributed by atoms with van der Waals surface area (Å²) in [6.07, 6.45) is 0. The van der Waals surface area contributed by atoms with Gasteiger partial charge in [-0.15, -0.1) is 23.2 Å². The number of hydrogen-bond acceptors (Lipinski definition) is 10. The van der Waals surface area contributed by atoms with E-state index in [1.54, 1.807) is 50.2 Å². The number of carbonyl (C=O) groups is 6. The van der Waals surface area contributed by atoms with Crippen molar-refractivity contribution in [3.05, 3.63) is 140 Å². The van der Waals surface area contributed by atoms with E-state index in [0.29, 0.717) is 33.9 Å². The normalized spacial score (nSPS) is 12.1. The molecule has 0 saturated heterocycles. The molecule has 5 aromatic carbocycles. The van der Waals surface area contributed by atoms with Gasteiger partial charge in [0.25, 0.3) is 23.6 Å². The van der Waals surface area contributed by atoms with Crippen LogP contribution in [0.3, 0.4) is 0 Å². The Bertz CT molecular complexity index is 2460. The van der Waals surface area contributed by atoms with Crippen molar-refractivity contribution in [2.45, 2.75) is 51.5 Å². The summed E-state index contributed by atoms with van der Waals surface area (Å²) < 4.78 is 0. The summed E-state index contributed by atoms with van der Waals surface area (Å²) in [5.74, 6) is -3.23. The molecule has 14 nitrogen and oxygen atoms in total. The number of alkyl halides is 2. The molecule has 0 radical (unpaired) electrons. The number of anilines is 4. The number of benzene rings is 5. The number of amides is 4. The standard InChI is InChI=1S/C44H38Cl4N8O6/c1-23-24(2)36(52-44(62)40(26(4)58)56-54-38-20-30(12-14-34(38)48)42(60)50-32-10-6-8-28(18-32)22-46)16-15-35(23)51-43(61)39(25(3)57)55-53-37-19-29(11-13-33(37)47)41(59)49-31-9-5-7-27(17-31)21-45/h5-20,39-40H,21-22H2,1-4H3,(H,49,59)(H,50,60)(H,51,61)(H,52,62). The number of hydrogen-bond donors (Lipinski definition) is 4. The lowest BCUT2D eigenvalue weighted by atomic mass is 10.0. The number of nitrogens with one attached hydrogen (secondary N) is 4. The average Bonchev–Trinajstić information content (AvgIpc) is 3.24. The molecule has 4 N–H and O–H groups in total. The molecule has 0 aromatic heterocycles. The van der Waals surface area contributed by atoms with Gasteiger partial charge >= 0.3 is 0 Å². The Balaban J connectivity index is 1.26. The summed E-state index contributed by atoms with van der Waals surface area (Å²) in [5, 5.41) is 27.2. The van der Waals surface area contributed by atoms with Crippen molar-refractivity contribution in [2.75, 3.05) is 21.3 Å². The fourth-order valence-electron chi connectivity index (χ4n) is 5.70. The monoisotopic (exact) mass is 914 g/mol. The van der Waals surface area contributed by atoms with Crippen LogP contribution in [0.2, 0.25) is 10.0 Å². The van der Waals surface area contributed by atoms with E-state index in [9.17, 15) is 28.8 Å². The first-order valence-corrected chi connectivity index (χ1v) is 20.5. The van der Waals surface area contributed by atoms with Crippen LogP contribution in [-0.2, 0) is 30.9 Å². The minimum atomic E-state index is -1.58. The van der Waals surface area contributed by atoms with E-state index in [-0.39, 0.29) is 44.3 Å². The molecule has 0 saturated carbocycles. The summed E-state index contributed by atoms with van der Waals surface area (Å²) in [6.45, 7) is 5.70. The molecule has 2 atom stereocenters. The second kappa shape index (κ2) is 21.5. The summed E-state index contributed by atoms with van der Waals surface area (Å²) in [5.41, 5.74) is 4.82. The van der Waals surface area contributed by atoms with Gasteiger partial charge in [0.15, 0.2) is 11.6 Å². The predicted molar refractivity (Wildman–Crippen MR) is 242 cm³/mol. The van der Waals surface area contributed by atoms with Crippen LogP contribution in [0, 0.1) is 13.8 Å². The Morgan fingerprint density at radius 1 is 0.532 bits per heavy atom. The highest BCUT2D eigenvalue weighted by atomic mass is 35.5. The number of rotatable bonds is 16. The van der Waals surface area contributed by atoms with Gasteiger partial charge in [0.05, 0.1) is 10.0 Å². The van der Waals surface area contributed by atoms with E-state index in [1.807, 2.05) is 12.1 Å². The zero-order chi connectivity index (χ0) is 45.1. The van der Waals surface area contributed by atoms with Gasteiger partial charge in [-0.25, -0.2) is 0 Å². The van der Waals surface area contributed by atoms with E-state index in [4.69, 9.17) is 46.4 Å². The summed E-state index contributed by atoms with van der Waals surface area (Å²) in [6, 6.07) is 22.5. The maximum Gasteiger partial charge on any atom is 0.258 e. The Kier molecular flexibility index (Phi) is 16.2. The molecule has 4 amide bonds. The summed E-state index contributed by atoms with van der Waals surface area (Å²) in [4.78, 5) is 78.0. The smallest absolute Gasteiger partial charge is 0.258 e. The van der Waals surface area contributed by atoms with Gasteiger partial charge in [0.2, 0.25) is 12.1 Å². The lowest BCUT2D eigenvalue weighted by Gasteiger charge is -2.17. The largest absolute Gasteiger partial charge is 0.324 e. The van der Waals surface area contributed by atoms with Crippen molar-refractivity contribution >= 4 is 116 Å². The van der Waals surface area contributed by atoms with Crippen molar-refractivity contribution in [1.29, 1.82) is 0 Å². The number of azo groups is 2. The van der Waals surface area contributed by atoms with Gasteiger partial charge in [-0.05, 0) is 123 Å². The van der Waals surface area contributed by atoms with Crippen LogP contribution >= 0.6 is 46.4 Å². The quantitative estimate of drug-likeness (QED) is 0.0431. The Hall–Kier alpha value is -6.32. The third-order valence-corrected chi connectivity index (χ3v) is 10.5. The van der Waals surface area contributed by atoms with Crippen molar-refractivity contribution in [2.24, 2.45) is 20.5 Å². The molecule has 18 heteroatoms. The van der Waals surface area contributed by atoms with Crippen LogP contribution in [0.1, 0.15) is 56.8 Å². The van der Waals surface area contributed by atoms with E-state index in [2.05, 4.69) is 41.7 Å². The first-order valence-electron chi connectivity index (χ1n) is 18.6. The number of carbonyl (C=O) groups excluding carboxylic acids is 6. The minimum absolute atomic E-state index is 0.0491. The highest BCUT2D eigenvalue weighted by molar-refractivity contribution is 6.33. The molecule has 2 unspecified atom stereocenters. The van der Waals surface area contributed by atoms with E-state index in [0.717, 1.165) is 11.1 Å². The third-order valence-electron chi connectivity index (χ3n) is 9.23. The fourth-order valence-corrected chi connectivity index (χ4v) is 6.35. The second-order valence-corrected chi connectivity index (χ2v) is 15.1. The number of Topliss-reactive ketones (excluding diaryl/α,β-unsaturated/α-hetero) is 2. The van der Waals surface area contributed by atoms with E-state index in [1.165, 1.54) is 62.4 Å². The molecule has 0 bridgehead atoms. The molecular formula is C44H38Cl4N8O6. The lowest BCUT2D eigenvalue weighted by molar-refractivity contribution is -0.127. The topological polar surface area (TPSA) is 200 Å². The van der Waals surface area contributed by atoms with E-state index < -0.39 is 47.3 Å². The maximum atomic E-state index is 13.4. The zero-order valence-electron chi connectivity index (χ0n) is 33.6. The van der Waals surface area contributed by atoms with Crippen LogP contribution in [0.15, 0.2) is 118 Å². The van der Waals surface area contributed by atoms with Gasteiger partial charge in [-0.2, -0.15) is 20.5 Å². The molecule has 318 valence electrons. The molecule has 0 heterocycles. The van der Waals surface area contributed by atoms with Gasteiger partial charge in [0.1, 0.15) is 11.4 Å². The molecule has 62 heavy (non-hydrogen) atoms. The van der Waals surface area contributed by atoms with Crippen LogP contribution in [0.25, 0.3) is 0 Å². The Morgan fingerprint density at radius 2 is 0.919 bits per heavy atom. The number of ketones is 2. The van der Waals surface area contributed by atoms with Crippen LogP contribution in [-0.4, -0.2) is 47.3 Å². The Morgan fingerprint density at radius 3 is 1.27 bits per heavy atom. The Labute approximate surface area is 376 Å². The average molecular weight is 917 g/mol. The third kappa shape index (κ3) is 12.2. The maximum absolute atomic E-state index is 13.4. The van der Waals surface area contributed by atoms with Crippen molar-refractivity contribution in [3.8, 4) is 0 Å². The van der Waals surface area contributed by atoms with Gasteiger partial charge < -0.3 is 21.3 Å². The van der Waals surface area contributed by atoms with Crippen LogP contribution in [0.5, 0.6) is 0 Å². The van der Waals surface area contributed by atoms with Crippen LogP contribution in [0.4, 0.5) is 34.1 Å². The lowest BCUT2D eigenvalue weighted by Crippen LogP contribution is -2.33. The predicted octanol–water partition coefficient (Wildman–Crippen LogP) is 11.0. The van der Waals surface area contributed by atoms with E-state index >= 15 is 0 Å². The SMILES string of the molecule is CC(=O)C(N=Nc1cc(C(=O)Nc2cccc(CCl)c2)ccc1Cl)C(=O)Nc1ccc(NC(=O)C(N=Nc2cc(C(=O)Nc3cccc(CCl)c3)ccc2Cl)C(C)=O)c(C)c1C. The zero-order valence-corrected chi connectivity index (χ0v) is 36.6. The minimum Gasteiger partial charge on any atom is -0.324 e. The molecule has 5 aromatic rings. The van der Waals surface area contributed by atoms with Crippen molar-refractivity contribution in [1.82, 2.24) is 0 Å². The first-order chi connectivity index (χ1) is 29.6. The molecule has 5 rings (SSSR count). The molecular weight excluding hydrogens is 878 g/mol.